The Kier molecular flexibility index (Phi) is 6.17. The summed E-state index contributed by atoms with van der Waals surface area (Å²) < 4.78 is 53.3. The van der Waals surface area contributed by atoms with E-state index in [1.165, 1.54) is 59.4 Å². The van der Waals surface area contributed by atoms with Gasteiger partial charge >= 0.3 is 6.18 Å². The minimum absolute atomic E-state index is 0.0133. The molecule has 0 aliphatic heterocycles. The first-order valence-electron chi connectivity index (χ1n) is 9.95. The summed E-state index contributed by atoms with van der Waals surface area (Å²) in [6.07, 6.45) is 0.302. The fraction of sp³-hybridized carbons (Fsp3) is 0.0870. The van der Waals surface area contributed by atoms with Crippen LogP contribution in [0.3, 0.4) is 0 Å². The second-order valence-corrected chi connectivity index (χ2v) is 7.19. The normalized spacial score (nSPS) is 11.3. The lowest BCUT2D eigenvalue weighted by Gasteiger charge is -2.12. The van der Waals surface area contributed by atoms with Gasteiger partial charge in [0.15, 0.2) is 5.82 Å². The van der Waals surface area contributed by atoms with E-state index < -0.39 is 30.4 Å². The van der Waals surface area contributed by atoms with Gasteiger partial charge in [0.05, 0.1) is 11.9 Å². The maximum absolute atomic E-state index is 13.4. The van der Waals surface area contributed by atoms with Crippen LogP contribution in [0.2, 0.25) is 0 Å². The molecule has 2 heterocycles. The molecule has 0 unspecified atom stereocenters. The summed E-state index contributed by atoms with van der Waals surface area (Å²) in [5, 5.41) is 8.74. The molecule has 2 aromatic carbocycles. The van der Waals surface area contributed by atoms with Gasteiger partial charge < -0.3 is 15.2 Å². The predicted molar refractivity (Wildman–Crippen MR) is 116 cm³/mol. The van der Waals surface area contributed by atoms with E-state index in [9.17, 15) is 27.2 Å². The van der Waals surface area contributed by atoms with Crippen molar-refractivity contribution in [3.63, 3.8) is 0 Å². The number of hydrogen-bond donors (Lipinski definition) is 2. The zero-order chi connectivity index (χ0) is 24.3. The van der Waals surface area contributed by atoms with Gasteiger partial charge in [-0.05, 0) is 60.7 Å². The molecule has 0 saturated carbocycles. The minimum Gasteiger partial charge on any atom is -0.343 e. The van der Waals surface area contributed by atoms with Gasteiger partial charge in [-0.2, -0.15) is 18.3 Å². The Balaban J connectivity index is 1.56. The molecule has 0 atom stereocenters. The fourth-order valence-electron chi connectivity index (χ4n) is 3.18. The third kappa shape index (κ3) is 5.14. The van der Waals surface area contributed by atoms with Crippen LogP contribution >= 0.6 is 0 Å². The zero-order valence-electron chi connectivity index (χ0n) is 17.4. The lowest BCUT2D eigenvalue weighted by atomic mass is 10.2. The number of carbonyl (C=O) groups is 2. The van der Waals surface area contributed by atoms with Crippen LogP contribution in [0, 0.1) is 5.82 Å². The Morgan fingerprint density at radius 2 is 1.56 bits per heavy atom. The smallest absolute Gasteiger partial charge is 0.343 e. The number of alkyl halides is 3. The van der Waals surface area contributed by atoms with Crippen LogP contribution in [-0.2, 0) is 0 Å². The molecule has 11 heteroatoms. The summed E-state index contributed by atoms with van der Waals surface area (Å²) >= 11 is 0. The van der Waals surface area contributed by atoms with Crippen molar-refractivity contribution in [2.24, 2.45) is 0 Å². The van der Waals surface area contributed by atoms with Crippen molar-refractivity contribution in [1.82, 2.24) is 19.7 Å². The molecule has 0 aliphatic rings. The van der Waals surface area contributed by atoms with Crippen LogP contribution in [0.5, 0.6) is 0 Å². The van der Waals surface area contributed by atoms with E-state index in [1.54, 1.807) is 34.4 Å². The van der Waals surface area contributed by atoms with Gasteiger partial charge in [0, 0.05) is 23.6 Å². The number of halogens is 4. The standard InChI is InChI=1S/C23H17F4N5O2/c24-16-5-9-18(10-6-16)32-22(31-11-1-2-12-31)19(13-29-32)21(34)30-17-7-3-15(4-8-17)20(33)28-14-23(25,26)27/h1-13H,14H2,(H,28,33)(H,30,34). The minimum atomic E-state index is -4.51. The molecule has 0 bridgehead atoms. The van der Waals surface area contributed by atoms with Gasteiger partial charge in [-0.25, -0.2) is 9.07 Å². The molecule has 2 aromatic heterocycles. The van der Waals surface area contributed by atoms with E-state index in [4.69, 9.17) is 0 Å². The molecule has 2 N–H and O–H groups in total. The van der Waals surface area contributed by atoms with Gasteiger partial charge in [-0.15, -0.1) is 0 Å². The van der Waals surface area contributed by atoms with E-state index in [1.807, 2.05) is 0 Å². The highest BCUT2D eigenvalue weighted by atomic mass is 19.4. The van der Waals surface area contributed by atoms with E-state index in [-0.39, 0.29) is 11.1 Å². The Morgan fingerprint density at radius 1 is 0.912 bits per heavy atom. The summed E-state index contributed by atoms with van der Waals surface area (Å²) in [7, 11) is 0. The highest BCUT2D eigenvalue weighted by Gasteiger charge is 2.28. The SMILES string of the molecule is O=C(NCC(F)(F)F)c1ccc(NC(=O)c2cnn(-c3ccc(F)cc3)c2-n2cccc2)cc1. The Bertz CT molecular complexity index is 1290. The predicted octanol–water partition coefficient (Wildman–Crippen LogP) is 4.35. The molecule has 0 saturated heterocycles. The number of carbonyl (C=O) groups excluding carboxylic acids is 2. The average molecular weight is 471 g/mol. The fourth-order valence-corrected chi connectivity index (χ4v) is 3.18. The van der Waals surface area contributed by atoms with Crippen LogP contribution in [0.4, 0.5) is 23.2 Å². The number of rotatable bonds is 6. The molecule has 0 aliphatic carbocycles. The quantitative estimate of drug-likeness (QED) is 0.411. The van der Waals surface area contributed by atoms with Crippen LogP contribution in [-0.4, -0.2) is 38.9 Å². The number of amides is 2. The molecule has 174 valence electrons. The molecule has 0 spiro atoms. The number of nitrogens with zero attached hydrogens (tertiary/aromatic N) is 3. The second-order valence-electron chi connectivity index (χ2n) is 7.19. The van der Waals surface area contributed by atoms with Crippen LogP contribution in [0.25, 0.3) is 11.5 Å². The summed E-state index contributed by atoms with van der Waals surface area (Å²) in [5.74, 6) is -1.39. The van der Waals surface area contributed by atoms with Crippen molar-refractivity contribution in [3.05, 3.63) is 96.2 Å². The molecular formula is C23H17F4N5O2. The topological polar surface area (TPSA) is 81.0 Å². The van der Waals surface area contributed by atoms with Crippen LogP contribution < -0.4 is 10.6 Å². The van der Waals surface area contributed by atoms with Crippen molar-refractivity contribution >= 4 is 17.5 Å². The zero-order valence-corrected chi connectivity index (χ0v) is 17.4. The highest BCUT2D eigenvalue weighted by Crippen LogP contribution is 2.22. The number of aromatic nitrogens is 3. The number of hydrogen-bond acceptors (Lipinski definition) is 3. The Labute approximate surface area is 190 Å². The molecule has 0 fully saturated rings. The molecule has 0 radical (unpaired) electrons. The molecule has 2 amide bonds. The van der Waals surface area contributed by atoms with Crippen molar-refractivity contribution < 1.29 is 27.2 Å². The highest BCUT2D eigenvalue weighted by molar-refractivity contribution is 6.06. The third-order valence-corrected chi connectivity index (χ3v) is 4.76. The molecule has 34 heavy (non-hydrogen) atoms. The van der Waals surface area contributed by atoms with Gasteiger partial charge in [-0.1, -0.05) is 0 Å². The van der Waals surface area contributed by atoms with E-state index in [0.717, 1.165) is 0 Å². The third-order valence-electron chi connectivity index (χ3n) is 4.76. The van der Waals surface area contributed by atoms with E-state index in [0.29, 0.717) is 17.2 Å². The van der Waals surface area contributed by atoms with Crippen LogP contribution in [0.1, 0.15) is 20.7 Å². The maximum atomic E-state index is 13.4. The average Bonchev–Trinajstić information content (AvgIpc) is 3.48. The summed E-state index contributed by atoms with van der Waals surface area (Å²) in [6, 6.07) is 14.6. The van der Waals surface area contributed by atoms with Crippen LogP contribution in [0.15, 0.2) is 79.3 Å². The number of anilines is 1. The van der Waals surface area contributed by atoms with Crippen molar-refractivity contribution in [1.29, 1.82) is 0 Å². The first-order valence-corrected chi connectivity index (χ1v) is 9.95. The molecular weight excluding hydrogens is 454 g/mol. The largest absolute Gasteiger partial charge is 0.405 e. The monoisotopic (exact) mass is 471 g/mol. The first-order chi connectivity index (χ1) is 16.2. The summed E-state index contributed by atoms with van der Waals surface area (Å²) in [4.78, 5) is 24.9. The van der Waals surface area contributed by atoms with Crippen molar-refractivity contribution in [2.75, 3.05) is 11.9 Å². The Morgan fingerprint density at radius 3 is 2.18 bits per heavy atom. The van der Waals surface area contributed by atoms with Crippen molar-refractivity contribution in [3.8, 4) is 11.5 Å². The second kappa shape index (κ2) is 9.22. The summed E-state index contributed by atoms with van der Waals surface area (Å²) in [6.45, 7) is -1.44. The lowest BCUT2D eigenvalue weighted by Crippen LogP contribution is -2.33. The number of benzene rings is 2. The summed E-state index contributed by atoms with van der Waals surface area (Å²) in [5.41, 5.74) is 1.09. The maximum Gasteiger partial charge on any atom is 0.405 e. The molecule has 4 aromatic rings. The van der Waals surface area contributed by atoms with E-state index >= 15 is 0 Å². The van der Waals surface area contributed by atoms with Gasteiger partial charge in [0.25, 0.3) is 11.8 Å². The molecule has 7 nitrogen and oxygen atoms in total. The Hall–Kier alpha value is -4.41. The lowest BCUT2D eigenvalue weighted by molar-refractivity contribution is -0.123. The van der Waals surface area contributed by atoms with Crippen molar-refractivity contribution in [2.45, 2.75) is 6.18 Å². The number of nitrogens with one attached hydrogen (secondary N) is 2. The van der Waals surface area contributed by atoms with Gasteiger partial charge in [-0.3, -0.25) is 9.59 Å². The first kappa shape index (κ1) is 22.8. The van der Waals surface area contributed by atoms with E-state index in [2.05, 4.69) is 10.4 Å². The van der Waals surface area contributed by atoms with Gasteiger partial charge in [0.2, 0.25) is 0 Å². The van der Waals surface area contributed by atoms with Gasteiger partial charge in [0.1, 0.15) is 17.9 Å². The molecule has 4 rings (SSSR count).